The third-order valence-corrected chi connectivity index (χ3v) is 3.05. The molecule has 0 amide bonds. The van der Waals surface area contributed by atoms with E-state index in [4.69, 9.17) is 0 Å². The molecule has 1 aromatic carbocycles. The first kappa shape index (κ1) is 8.65. The zero-order valence-corrected chi connectivity index (χ0v) is 8.50. The summed E-state index contributed by atoms with van der Waals surface area (Å²) in [6, 6.07) is 11.0. The summed E-state index contributed by atoms with van der Waals surface area (Å²) < 4.78 is 2.21. The molecule has 0 bridgehead atoms. The lowest BCUT2D eigenvalue weighted by Crippen LogP contribution is -2.18. The Hall–Kier alpha value is -1.64. The standard InChI is InChI=1S/C12H13N3/c1-2-5-10(6-3-1)11-7-4-8-12-14-13-9-15(11)12/h1-3,5-6,9,11H,4,7-8H2/t11-/m0/s1. The van der Waals surface area contributed by atoms with Gasteiger partial charge >= 0.3 is 0 Å². The highest BCUT2D eigenvalue weighted by atomic mass is 15.3. The van der Waals surface area contributed by atoms with Crippen LogP contribution in [0.25, 0.3) is 0 Å². The Bertz CT molecular complexity index is 447. The minimum Gasteiger partial charge on any atom is -0.310 e. The molecule has 3 rings (SSSR count). The molecule has 1 atom stereocenters. The van der Waals surface area contributed by atoms with Crippen LogP contribution in [-0.4, -0.2) is 14.8 Å². The fourth-order valence-corrected chi connectivity index (χ4v) is 2.30. The topological polar surface area (TPSA) is 30.7 Å². The van der Waals surface area contributed by atoms with E-state index in [-0.39, 0.29) is 0 Å². The van der Waals surface area contributed by atoms with Crippen LogP contribution < -0.4 is 0 Å². The van der Waals surface area contributed by atoms with Crippen LogP contribution in [0.3, 0.4) is 0 Å². The molecule has 76 valence electrons. The van der Waals surface area contributed by atoms with Gasteiger partial charge in [0.25, 0.3) is 0 Å². The second kappa shape index (κ2) is 3.50. The fraction of sp³-hybridized carbons (Fsp3) is 0.333. The molecule has 0 unspecified atom stereocenters. The Kier molecular flexibility index (Phi) is 2.02. The van der Waals surface area contributed by atoms with Crippen LogP contribution in [0.4, 0.5) is 0 Å². The first-order valence-corrected chi connectivity index (χ1v) is 5.38. The highest BCUT2D eigenvalue weighted by molar-refractivity contribution is 5.21. The van der Waals surface area contributed by atoms with Gasteiger partial charge in [-0.05, 0) is 18.4 Å². The van der Waals surface area contributed by atoms with Crippen molar-refractivity contribution in [3.05, 3.63) is 48.0 Å². The molecule has 0 fully saturated rings. The summed E-state index contributed by atoms with van der Waals surface area (Å²) in [5.41, 5.74) is 1.36. The minimum atomic E-state index is 0.435. The molecule has 0 radical (unpaired) electrons. The first-order valence-electron chi connectivity index (χ1n) is 5.38. The number of rotatable bonds is 1. The van der Waals surface area contributed by atoms with E-state index in [1.807, 2.05) is 6.33 Å². The molecule has 1 aliphatic rings. The van der Waals surface area contributed by atoms with Crippen molar-refractivity contribution >= 4 is 0 Å². The molecular weight excluding hydrogens is 186 g/mol. The predicted octanol–water partition coefficient (Wildman–Crippen LogP) is 2.20. The monoisotopic (exact) mass is 199 g/mol. The van der Waals surface area contributed by atoms with Gasteiger partial charge in [0, 0.05) is 6.42 Å². The molecular formula is C12H13N3. The molecule has 2 heterocycles. The maximum atomic E-state index is 4.15. The van der Waals surface area contributed by atoms with E-state index in [1.54, 1.807) is 0 Å². The van der Waals surface area contributed by atoms with Gasteiger partial charge in [0.15, 0.2) is 0 Å². The van der Waals surface area contributed by atoms with Crippen LogP contribution in [0.15, 0.2) is 36.7 Å². The highest BCUT2D eigenvalue weighted by Gasteiger charge is 2.21. The van der Waals surface area contributed by atoms with Gasteiger partial charge in [0.1, 0.15) is 12.2 Å². The van der Waals surface area contributed by atoms with Gasteiger partial charge in [-0.1, -0.05) is 30.3 Å². The van der Waals surface area contributed by atoms with Crippen molar-refractivity contribution in [1.82, 2.24) is 14.8 Å². The van der Waals surface area contributed by atoms with Crippen molar-refractivity contribution < 1.29 is 0 Å². The van der Waals surface area contributed by atoms with E-state index in [0.717, 1.165) is 12.2 Å². The van der Waals surface area contributed by atoms with E-state index >= 15 is 0 Å². The largest absolute Gasteiger partial charge is 0.310 e. The number of fused-ring (bicyclic) bond motifs is 1. The lowest BCUT2D eigenvalue weighted by molar-refractivity contribution is 0.451. The first-order chi connectivity index (χ1) is 7.45. The normalized spacial score (nSPS) is 19.9. The second-order valence-electron chi connectivity index (χ2n) is 3.97. The van der Waals surface area contributed by atoms with Crippen LogP contribution in [0.5, 0.6) is 0 Å². The molecule has 1 aromatic heterocycles. The van der Waals surface area contributed by atoms with Gasteiger partial charge in [-0.3, -0.25) is 0 Å². The molecule has 0 saturated carbocycles. The van der Waals surface area contributed by atoms with E-state index < -0.39 is 0 Å². The SMILES string of the molecule is c1ccc([C@@H]2CCCc3nncn32)cc1. The average molecular weight is 199 g/mol. The fourth-order valence-electron chi connectivity index (χ4n) is 2.30. The third-order valence-electron chi connectivity index (χ3n) is 3.05. The van der Waals surface area contributed by atoms with Crippen molar-refractivity contribution in [3.63, 3.8) is 0 Å². The van der Waals surface area contributed by atoms with E-state index in [2.05, 4.69) is 45.1 Å². The Morgan fingerprint density at radius 2 is 2.07 bits per heavy atom. The number of hydrogen-bond donors (Lipinski definition) is 0. The molecule has 2 aromatic rings. The van der Waals surface area contributed by atoms with Crippen LogP contribution in [0, 0.1) is 0 Å². The Labute approximate surface area is 88.8 Å². The molecule has 0 N–H and O–H groups in total. The van der Waals surface area contributed by atoms with Gasteiger partial charge in [-0.2, -0.15) is 0 Å². The van der Waals surface area contributed by atoms with Crippen molar-refractivity contribution in [2.75, 3.05) is 0 Å². The van der Waals surface area contributed by atoms with Gasteiger partial charge < -0.3 is 4.57 Å². The van der Waals surface area contributed by atoms with Crippen molar-refractivity contribution in [1.29, 1.82) is 0 Å². The summed E-state index contributed by atoms with van der Waals surface area (Å²) in [5.74, 6) is 1.12. The summed E-state index contributed by atoms with van der Waals surface area (Å²) in [4.78, 5) is 0. The quantitative estimate of drug-likeness (QED) is 0.705. The number of nitrogens with zero attached hydrogens (tertiary/aromatic N) is 3. The zero-order chi connectivity index (χ0) is 10.1. The van der Waals surface area contributed by atoms with Crippen LogP contribution >= 0.6 is 0 Å². The lowest BCUT2D eigenvalue weighted by Gasteiger charge is -2.24. The van der Waals surface area contributed by atoms with Crippen LogP contribution in [0.1, 0.15) is 30.3 Å². The average Bonchev–Trinajstić information content (AvgIpc) is 2.78. The smallest absolute Gasteiger partial charge is 0.133 e. The molecule has 0 saturated heterocycles. The number of benzene rings is 1. The molecule has 3 heteroatoms. The molecule has 0 spiro atoms. The minimum absolute atomic E-state index is 0.435. The second-order valence-corrected chi connectivity index (χ2v) is 3.97. The third kappa shape index (κ3) is 1.44. The van der Waals surface area contributed by atoms with Crippen molar-refractivity contribution in [2.45, 2.75) is 25.3 Å². The maximum Gasteiger partial charge on any atom is 0.133 e. The number of aromatic nitrogens is 3. The molecule has 15 heavy (non-hydrogen) atoms. The molecule has 1 aliphatic heterocycles. The zero-order valence-electron chi connectivity index (χ0n) is 8.50. The summed E-state index contributed by atoms with van der Waals surface area (Å²) in [5, 5.41) is 8.14. The van der Waals surface area contributed by atoms with Crippen molar-refractivity contribution in [2.24, 2.45) is 0 Å². The summed E-state index contributed by atoms with van der Waals surface area (Å²) in [7, 11) is 0. The summed E-state index contributed by atoms with van der Waals surface area (Å²) in [6.07, 6.45) is 5.31. The Balaban J connectivity index is 2.03. The summed E-state index contributed by atoms with van der Waals surface area (Å²) in [6.45, 7) is 0. The maximum absolute atomic E-state index is 4.15. The van der Waals surface area contributed by atoms with Gasteiger partial charge in [-0.25, -0.2) is 0 Å². The number of aryl methyl sites for hydroxylation is 1. The Morgan fingerprint density at radius 3 is 2.93 bits per heavy atom. The van der Waals surface area contributed by atoms with E-state index in [0.29, 0.717) is 6.04 Å². The lowest BCUT2D eigenvalue weighted by atomic mass is 9.97. The molecule has 0 aliphatic carbocycles. The van der Waals surface area contributed by atoms with Gasteiger partial charge in [-0.15, -0.1) is 10.2 Å². The summed E-state index contributed by atoms with van der Waals surface area (Å²) >= 11 is 0. The van der Waals surface area contributed by atoms with Crippen LogP contribution in [0.2, 0.25) is 0 Å². The van der Waals surface area contributed by atoms with Crippen LogP contribution in [-0.2, 0) is 6.42 Å². The predicted molar refractivity (Wildman–Crippen MR) is 57.5 cm³/mol. The van der Waals surface area contributed by atoms with Gasteiger partial charge in [0.05, 0.1) is 6.04 Å². The molecule has 3 nitrogen and oxygen atoms in total. The van der Waals surface area contributed by atoms with Gasteiger partial charge in [0.2, 0.25) is 0 Å². The highest BCUT2D eigenvalue weighted by Crippen LogP contribution is 2.28. The van der Waals surface area contributed by atoms with Crippen molar-refractivity contribution in [3.8, 4) is 0 Å². The van der Waals surface area contributed by atoms with E-state index in [1.165, 1.54) is 18.4 Å². The Morgan fingerprint density at radius 1 is 1.20 bits per heavy atom. The van der Waals surface area contributed by atoms with E-state index in [9.17, 15) is 0 Å². The number of hydrogen-bond acceptors (Lipinski definition) is 2.